The van der Waals surface area contributed by atoms with Gasteiger partial charge >= 0.3 is 5.97 Å². The monoisotopic (exact) mass is 248 g/mol. The van der Waals surface area contributed by atoms with Crippen molar-refractivity contribution in [1.29, 1.82) is 0 Å². The zero-order chi connectivity index (χ0) is 13.1. The Morgan fingerprint density at radius 2 is 2.28 bits per heavy atom. The van der Waals surface area contributed by atoms with Gasteiger partial charge in [0.05, 0.1) is 31.1 Å². The molecule has 0 unspecified atom stereocenters. The molecule has 0 saturated heterocycles. The molecule has 1 heterocycles. The highest BCUT2D eigenvalue weighted by Crippen LogP contribution is 2.29. The van der Waals surface area contributed by atoms with Gasteiger partial charge in [0.15, 0.2) is 5.78 Å². The highest BCUT2D eigenvalue weighted by molar-refractivity contribution is 6.02. The smallest absolute Gasteiger partial charge is 0.306 e. The van der Waals surface area contributed by atoms with E-state index in [1.165, 1.54) is 0 Å². The molecule has 2 rings (SSSR count). The largest absolute Gasteiger partial charge is 0.492 e. The standard InChI is InChI=1S/C14H16O4/c1-3-17-13(15)7-10-8-18-12-5-4-9(2)6-11(12)14(10)16/h4-6,10H,3,7-8H2,1-2H3/t10-/m0/s1. The molecule has 0 bridgehead atoms. The summed E-state index contributed by atoms with van der Waals surface area (Å²) >= 11 is 0. The number of aryl methyl sites for hydroxylation is 1. The quantitative estimate of drug-likeness (QED) is 0.769. The molecule has 0 radical (unpaired) electrons. The first-order chi connectivity index (χ1) is 8.61. The number of esters is 1. The van der Waals surface area contributed by atoms with Gasteiger partial charge in [-0.15, -0.1) is 0 Å². The summed E-state index contributed by atoms with van der Waals surface area (Å²) in [7, 11) is 0. The zero-order valence-corrected chi connectivity index (χ0v) is 10.6. The number of ether oxygens (including phenoxy) is 2. The van der Waals surface area contributed by atoms with Crippen LogP contribution in [-0.2, 0) is 9.53 Å². The number of rotatable bonds is 3. The van der Waals surface area contributed by atoms with E-state index in [2.05, 4.69) is 0 Å². The lowest BCUT2D eigenvalue weighted by Gasteiger charge is -2.23. The minimum atomic E-state index is -0.432. The van der Waals surface area contributed by atoms with Gasteiger partial charge in [0.25, 0.3) is 0 Å². The second-order valence-electron chi connectivity index (χ2n) is 4.38. The number of carbonyl (C=O) groups excluding carboxylic acids is 2. The number of hydrogen-bond donors (Lipinski definition) is 0. The van der Waals surface area contributed by atoms with Crippen molar-refractivity contribution in [3.63, 3.8) is 0 Å². The van der Waals surface area contributed by atoms with E-state index in [-0.39, 0.29) is 24.8 Å². The third-order valence-corrected chi connectivity index (χ3v) is 2.93. The van der Waals surface area contributed by atoms with Crippen LogP contribution in [-0.4, -0.2) is 25.0 Å². The SMILES string of the molecule is CCOC(=O)C[C@H]1COc2ccc(C)cc2C1=O. The van der Waals surface area contributed by atoms with Crippen LogP contribution >= 0.6 is 0 Å². The Labute approximate surface area is 106 Å². The molecule has 0 aliphatic carbocycles. The second kappa shape index (κ2) is 5.21. The molecule has 0 aromatic heterocycles. The highest BCUT2D eigenvalue weighted by Gasteiger charge is 2.30. The zero-order valence-electron chi connectivity index (χ0n) is 10.6. The molecule has 1 aliphatic heterocycles. The molecule has 0 saturated carbocycles. The van der Waals surface area contributed by atoms with E-state index in [9.17, 15) is 9.59 Å². The summed E-state index contributed by atoms with van der Waals surface area (Å²) in [5, 5.41) is 0. The third-order valence-electron chi connectivity index (χ3n) is 2.93. The minimum absolute atomic E-state index is 0.0343. The summed E-state index contributed by atoms with van der Waals surface area (Å²) in [4.78, 5) is 23.6. The Bertz CT molecular complexity index is 479. The van der Waals surface area contributed by atoms with Gasteiger partial charge in [-0.05, 0) is 26.0 Å². The van der Waals surface area contributed by atoms with E-state index in [4.69, 9.17) is 9.47 Å². The van der Waals surface area contributed by atoms with Crippen molar-refractivity contribution in [3.8, 4) is 5.75 Å². The van der Waals surface area contributed by atoms with E-state index in [1.54, 1.807) is 19.1 Å². The van der Waals surface area contributed by atoms with Crippen LogP contribution in [0.5, 0.6) is 5.75 Å². The van der Waals surface area contributed by atoms with Crippen molar-refractivity contribution in [2.45, 2.75) is 20.3 Å². The van der Waals surface area contributed by atoms with Crippen LogP contribution in [0.25, 0.3) is 0 Å². The maximum atomic E-state index is 12.2. The fourth-order valence-electron chi connectivity index (χ4n) is 2.02. The summed E-state index contributed by atoms with van der Waals surface area (Å²) in [6, 6.07) is 5.50. The van der Waals surface area contributed by atoms with E-state index < -0.39 is 5.92 Å². The fourth-order valence-corrected chi connectivity index (χ4v) is 2.02. The van der Waals surface area contributed by atoms with Crippen LogP contribution in [0.1, 0.15) is 29.3 Å². The van der Waals surface area contributed by atoms with Crippen molar-refractivity contribution in [2.24, 2.45) is 5.92 Å². The van der Waals surface area contributed by atoms with Crippen molar-refractivity contribution in [1.82, 2.24) is 0 Å². The van der Waals surface area contributed by atoms with Crippen LogP contribution in [0.2, 0.25) is 0 Å². The Hall–Kier alpha value is -1.84. The molecule has 4 heteroatoms. The third kappa shape index (κ3) is 2.53. The molecule has 4 nitrogen and oxygen atoms in total. The molecule has 0 spiro atoms. The first kappa shape index (κ1) is 12.6. The summed E-state index contributed by atoms with van der Waals surface area (Å²) in [6.07, 6.45) is 0.0834. The molecule has 0 amide bonds. The number of Topliss-reactive ketones (excluding diaryl/α,β-unsaturated/α-hetero) is 1. The number of fused-ring (bicyclic) bond motifs is 1. The van der Waals surface area contributed by atoms with Crippen molar-refractivity contribution < 1.29 is 19.1 Å². The lowest BCUT2D eigenvalue weighted by molar-refractivity contribution is -0.144. The fraction of sp³-hybridized carbons (Fsp3) is 0.429. The second-order valence-corrected chi connectivity index (χ2v) is 4.38. The number of ketones is 1. The maximum Gasteiger partial charge on any atom is 0.306 e. The Morgan fingerprint density at radius 1 is 1.50 bits per heavy atom. The van der Waals surface area contributed by atoms with Gasteiger partial charge in [-0.1, -0.05) is 11.6 Å². The summed E-state index contributed by atoms with van der Waals surface area (Å²) < 4.78 is 10.4. The van der Waals surface area contributed by atoms with Crippen LogP contribution in [0.3, 0.4) is 0 Å². The molecule has 1 aromatic carbocycles. The molecule has 96 valence electrons. The molecular weight excluding hydrogens is 232 g/mol. The Balaban J connectivity index is 2.15. The van der Waals surface area contributed by atoms with Gasteiger partial charge in [0, 0.05) is 0 Å². The highest BCUT2D eigenvalue weighted by atomic mass is 16.5. The van der Waals surface area contributed by atoms with Crippen molar-refractivity contribution in [2.75, 3.05) is 13.2 Å². The van der Waals surface area contributed by atoms with E-state index in [0.717, 1.165) is 5.56 Å². The lowest BCUT2D eigenvalue weighted by atomic mass is 9.91. The average Bonchev–Trinajstić information content (AvgIpc) is 2.34. The number of carbonyl (C=O) groups is 2. The van der Waals surface area contributed by atoms with Gasteiger partial charge in [0.1, 0.15) is 5.75 Å². The summed E-state index contributed by atoms with van der Waals surface area (Å²) in [5.41, 5.74) is 1.57. The first-order valence-electron chi connectivity index (χ1n) is 6.05. The number of hydrogen-bond acceptors (Lipinski definition) is 4. The van der Waals surface area contributed by atoms with Gasteiger partial charge in [-0.3, -0.25) is 9.59 Å². The van der Waals surface area contributed by atoms with Gasteiger partial charge in [-0.2, -0.15) is 0 Å². The van der Waals surface area contributed by atoms with Crippen LogP contribution in [0.15, 0.2) is 18.2 Å². The van der Waals surface area contributed by atoms with Gasteiger partial charge in [-0.25, -0.2) is 0 Å². The predicted octanol–water partition coefficient (Wildman–Crippen LogP) is 2.14. The normalized spacial score (nSPS) is 17.9. The van der Waals surface area contributed by atoms with E-state index in [0.29, 0.717) is 17.9 Å². The van der Waals surface area contributed by atoms with E-state index >= 15 is 0 Å². The predicted molar refractivity (Wildman–Crippen MR) is 65.7 cm³/mol. The van der Waals surface area contributed by atoms with Crippen LogP contribution in [0, 0.1) is 12.8 Å². The van der Waals surface area contributed by atoms with Gasteiger partial charge < -0.3 is 9.47 Å². The summed E-state index contributed by atoms with van der Waals surface area (Å²) in [6.45, 7) is 4.24. The molecular formula is C14H16O4. The molecule has 1 aliphatic rings. The molecule has 18 heavy (non-hydrogen) atoms. The van der Waals surface area contributed by atoms with E-state index in [1.807, 2.05) is 13.0 Å². The first-order valence-corrected chi connectivity index (χ1v) is 6.05. The Kier molecular flexibility index (Phi) is 3.65. The molecule has 0 N–H and O–H groups in total. The van der Waals surface area contributed by atoms with Crippen LogP contribution in [0.4, 0.5) is 0 Å². The van der Waals surface area contributed by atoms with Crippen molar-refractivity contribution in [3.05, 3.63) is 29.3 Å². The minimum Gasteiger partial charge on any atom is -0.492 e. The van der Waals surface area contributed by atoms with Crippen LogP contribution < -0.4 is 4.74 Å². The number of benzene rings is 1. The lowest BCUT2D eigenvalue weighted by Crippen LogP contribution is -2.30. The molecule has 1 atom stereocenters. The topological polar surface area (TPSA) is 52.6 Å². The summed E-state index contributed by atoms with van der Waals surface area (Å²) in [5.74, 6) is -0.215. The van der Waals surface area contributed by atoms with Crippen molar-refractivity contribution >= 4 is 11.8 Å². The maximum absolute atomic E-state index is 12.2. The Morgan fingerprint density at radius 3 is 3.00 bits per heavy atom. The van der Waals surface area contributed by atoms with Gasteiger partial charge in [0.2, 0.25) is 0 Å². The molecule has 0 fully saturated rings. The molecule has 1 aromatic rings. The average molecular weight is 248 g/mol.